The molecule has 1 aromatic rings. The molecule has 1 atom stereocenters. The van der Waals surface area contributed by atoms with Gasteiger partial charge in [0.25, 0.3) is 5.97 Å². The van der Waals surface area contributed by atoms with Crippen molar-refractivity contribution in [3.63, 3.8) is 0 Å². The van der Waals surface area contributed by atoms with E-state index in [2.05, 4.69) is 12.1 Å². The molecule has 0 spiro atoms. The van der Waals surface area contributed by atoms with E-state index in [1.165, 1.54) is 19.6 Å². The SMILES string of the molecule is COC(C)(O)OCC1(CCOCc2ccccc2)CC1. The fourth-order valence-corrected chi connectivity index (χ4v) is 2.04. The van der Waals surface area contributed by atoms with Crippen LogP contribution in [0.4, 0.5) is 0 Å². The highest BCUT2D eigenvalue weighted by Crippen LogP contribution is 2.49. The van der Waals surface area contributed by atoms with Gasteiger partial charge in [-0.25, -0.2) is 0 Å². The van der Waals surface area contributed by atoms with Crippen LogP contribution in [0, 0.1) is 5.41 Å². The molecular weight excluding hydrogens is 256 g/mol. The molecule has 112 valence electrons. The standard InChI is InChI=1S/C16H24O4/c1-15(17,18-2)20-13-16(8-9-16)10-11-19-12-14-6-4-3-5-7-14/h3-7,17H,8-13H2,1-2H3. The largest absolute Gasteiger partial charge is 0.377 e. The molecular formula is C16H24O4. The van der Waals surface area contributed by atoms with Crippen LogP contribution in [-0.4, -0.2) is 31.4 Å². The van der Waals surface area contributed by atoms with E-state index in [-0.39, 0.29) is 5.41 Å². The zero-order valence-corrected chi connectivity index (χ0v) is 12.3. The molecule has 1 aliphatic rings. The quantitative estimate of drug-likeness (QED) is 0.558. The van der Waals surface area contributed by atoms with E-state index in [0.29, 0.717) is 19.8 Å². The first-order valence-electron chi connectivity index (χ1n) is 7.08. The van der Waals surface area contributed by atoms with Crippen LogP contribution in [0.1, 0.15) is 31.7 Å². The molecule has 1 unspecified atom stereocenters. The molecule has 1 N–H and O–H groups in total. The topological polar surface area (TPSA) is 47.9 Å². The molecule has 2 rings (SSSR count). The maximum absolute atomic E-state index is 9.66. The fraction of sp³-hybridized carbons (Fsp3) is 0.625. The van der Waals surface area contributed by atoms with Crippen molar-refractivity contribution in [2.45, 2.75) is 38.8 Å². The van der Waals surface area contributed by atoms with Crippen molar-refractivity contribution >= 4 is 0 Å². The van der Waals surface area contributed by atoms with Crippen molar-refractivity contribution in [2.24, 2.45) is 5.41 Å². The Hall–Kier alpha value is -0.940. The normalized spacial score (nSPS) is 19.6. The van der Waals surface area contributed by atoms with E-state index < -0.39 is 5.97 Å². The van der Waals surface area contributed by atoms with Crippen LogP contribution >= 0.6 is 0 Å². The Balaban J connectivity index is 1.64. The number of hydrogen-bond acceptors (Lipinski definition) is 4. The minimum atomic E-state index is -1.49. The van der Waals surface area contributed by atoms with Gasteiger partial charge in [-0.3, -0.25) is 0 Å². The molecule has 1 fully saturated rings. The molecule has 0 aliphatic heterocycles. The monoisotopic (exact) mass is 280 g/mol. The summed E-state index contributed by atoms with van der Waals surface area (Å²) in [5, 5.41) is 9.66. The van der Waals surface area contributed by atoms with E-state index >= 15 is 0 Å². The number of ether oxygens (including phenoxy) is 3. The van der Waals surface area contributed by atoms with Crippen LogP contribution in [0.3, 0.4) is 0 Å². The second-order valence-corrected chi connectivity index (χ2v) is 5.68. The Kier molecular flexibility index (Phi) is 5.16. The highest BCUT2D eigenvalue weighted by atomic mass is 16.8. The molecule has 0 bridgehead atoms. The molecule has 0 radical (unpaired) electrons. The van der Waals surface area contributed by atoms with E-state index in [1.807, 2.05) is 18.2 Å². The Morgan fingerprint density at radius 1 is 1.25 bits per heavy atom. The molecule has 4 heteroatoms. The lowest BCUT2D eigenvalue weighted by Gasteiger charge is -2.25. The minimum Gasteiger partial charge on any atom is -0.377 e. The number of aliphatic hydroxyl groups is 1. The summed E-state index contributed by atoms with van der Waals surface area (Å²) in [5.74, 6) is -1.49. The van der Waals surface area contributed by atoms with Crippen molar-refractivity contribution in [1.29, 1.82) is 0 Å². The fourth-order valence-electron chi connectivity index (χ4n) is 2.04. The Morgan fingerprint density at radius 3 is 2.55 bits per heavy atom. The molecule has 1 saturated carbocycles. The first-order chi connectivity index (χ1) is 9.55. The smallest absolute Gasteiger partial charge is 0.277 e. The van der Waals surface area contributed by atoms with Gasteiger partial charge < -0.3 is 19.3 Å². The van der Waals surface area contributed by atoms with Crippen LogP contribution in [0.5, 0.6) is 0 Å². The first-order valence-corrected chi connectivity index (χ1v) is 7.08. The summed E-state index contributed by atoms with van der Waals surface area (Å²) in [6, 6.07) is 10.2. The van der Waals surface area contributed by atoms with Gasteiger partial charge in [-0.15, -0.1) is 0 Å². The lowest BCUT2D eigenvalue weighted by molar-refractivity contribution is -0.343. The maximum atomic E-state index is 9.66. The zero-order chi connectivity index (χ0) is 14.5. The number of hydrogen-bond donors (Lipinski definition) is 1. The second-order valence-electron chi connectivity index (χ2n) is 5.68. The predicted octanol–water partition coefficient (Wildman–Crippen LogP) is 2.70. The molecule has 4 nitrogen and oxygen atoms in total. The van der Waals surface area contributed by atoms with Gasteiger partial charge in [-0.1, -0.05) is 30.3 Å². The summed E-state index contributed by atoms with van der Waals surface area (Å²) in [7, 11) is 1.43. The van der Waals surface area contributed by atoms with E-state index in [1.54, 1.807) is 0 Å². The van der Waals surface area contributed by atoms with Gasteiger partial charge in [0.15, 0.2) is 0 Å². The van der Waals surface area contributed by atoms with Crippen molar-refractivity contribution in [1.82, 2.24) is 0 Å². The highest BCUT2D eigenvalue weighted by Gasteiger charge is 2.44. The van der Waals surface area contributed by atoms with Crippen molar-refractivity contribution < 1.29 is 19.3 Å². The summed E-state index contributed by atoms with van der Waals surface area (Å²) in [6.07, 6.45) is 3.21. The van der Waals surface area contributed by atoms with Gasteiger partial charge in [-0.2, -0.15) is 0 Å². The Morgan fingerprint density at radius 2 is 1.95 bits per heavy atom. The average Bonchev–Trinajstić information content (AvgIpc) is 3.24. The summed E-state index contributed by atoms with van der Waals surface area (Å²) in [4.78, 5) is 0. The number of benzene rings is 1. The van der Waals surface area contributed by atoms with E-state index in [0.717, 1.165) is 19.3 Å². The second kappa shape index (κ2) is 6.68. The van der Waals surface area contributed by atoms with Crippen LogP contribution in [0.25, 0.3) is 0 Å². The predicted molar refractivity (Wildman–Crippen MR) is 76.0 cm³/mol. The average molecular weight is 280 g/mol. The molecule has 0 amide bonds. The van der Waals surface area contributed by atoms with E-state index in [9.17, 15) is 5.11 Å². The maximum Gasteiger partial charge on any atom is 0.277 e. The van der Waals surface area contributed by atoms with Gasteiger partial charge >= 0.3 is 0 Å². The minimum absolute atomic E-state index is 0.166. The lowest BCUT2D eigenvalue weighted by atomic mass is 10.1. The zero-order valence-electron chi connectivity index (χ0n) is 12.3. The van der Waals surface area contributed by atoms with Crippen molar-refractivity contribution in [3.8, 4) is 0 Å². The van der Waals surface area contributed by atoms with Gasteiger partial charge in [0.2, 0.25) is 0 Å². The third-order valence-corrected chi connectivity index (χ3v) is 3.87. The summed E-state index contributed by atoms with van der Waals surface area (Å²) in [6.45, 7) is 3.39. The Bertz CT molecular complexity index is 398. The Labute approximate surface area is 120 Å². The molecule has 0 heterocycles. The lowest BCUT2D eigenvalue weighted by Crippen LogP contribution is -2.33. The van der Waals surface area contributed by atoms with Gasteiger partial charge in [0.05, 0.1) is 13.2 Å². The van der Waals surface area contributed by atoms with Crippen LogP contribution < -0.4 is 0 Å². The third-order valence-electron chi connectivity index (χ3n) is 3.87. The summed E-state index contributed by atoms with van der Waals surface area (Å²) >= 11 is 0. The molecule has 1 aliphatic carbocycles. The molecule has 0 saturated heterocycles. The van der Waals surface area contributed by atoms with E-state index in [4.69, 9.17) is 14.2 Å². The molecule has 20 heavy (non-hydrogen) atoms. The van der Waals surface area contributed by atoms with Crippen LogP contribution in [-0.2, 0) is 20.8 Å². The highest BCUT2D eigenvalue weighted by molar-refractivity contribution is 5.13. The molecule has 0 aromatic heterocycles. The number of methoxy groups -OCH3 is 1. The number of rotatable bonds is 9. The van der Waals surface area contributed by atoms with Crippen LogP contribution in [0.15, 0.2) is 30.3 Å². The van der Waals surface area contributed by atoms with Crippen LogP contribution in [0.2, 0.25) is 0 Å². The van der Waals surface area contributed by atoms with Gasteiger partial charge in [0, 0.05) is 20.6 Å². The van der Waals surface area contributed by atoms with Crippen molar-refractivity contribution in [2.75, 3.05) is 20.3 Å². The van der Waals surface area contributed by atoms with Gasteiger partial charge in [-0.05, 0) is 30.2 Å². The molecule has 1 aromatic carbocycles. The first kappa shape index (κ1) is 15.4. The summed E-state index contributed by atoms with van der Waals surface area (Å²) in [5.41, 5.74) is 1.36. The van der Waals surface area contributed by atoms with Crippen molar-refractivity contribution in [3.05, 3.63) is 35.9 Å². The third kappa shape index (κ3) is 4.87. The summed E-state index contributed by atoms with van der Waals surface area (Å²) < 4.78 is 15.9. The van der Waals surface area contributed by atoms with Gasteiger partial charge in [0.1, 0.15) is 0 Å².